The number of ether oxygens (including phenoxy) is 1. The van der Waals surface area contributed by atoms with Gasteiger partial charge in [-0.2, -0.15) is 0 Å². The minimum atomic E-state index is -0.473. The zero-order valence-corrected chi connectivity index (χ0v) is 18.2. The Morgan fingerprint density at radius 2 is 2.16 bits per heavy atom. The van der Waals surface area contributed by atoms with E-state index in [-0.39, 0.29) is 12.1 Å². The molecule has 3 heterocycles. The second kappa shape index (κ2) is 9.15. The van der Waals surface area contributed by atoms with Gasteiger partial charge in [0.05, 0.1) is 30.5 Å². The molecule has 8 nitrogen and oxygen atoms in total. The van der Waals surface area contributed by atoms with E-state index in [1.807, 2.05) is 6.92 Å². The molecule has 0 radical (unpaired) electrons. The summed E-state index contributed by atoms with van der Waals surface area (Å²) in [6.07, 6.45) is 0.864. The molecule has 4 rings (SSSR count). The second-order valence-corrected chi connectivity index (χ2v) is 8.08. The smallest absolute Gasteiger partial charge is 0.319 e. The van der Waals surface area contributed by atoms with E-state index in [1.54, 1.807) is 12.1 Å². The van der Waals surface area contributed by atoms with Crippen molar-refractivity contribution in [3.63, 3.8) is 0 Å². The first-order valence-electron chi connectivity index (χ1n) is 10.7. The lowest BCUT2D eigenvalue weighted by Crippen LogP contribution is -2.45. The van der Waals surface area contributed by atoms with E-state index in [0.717, 1.165) is 36.6 Å². The Labute approximate surface area is 181 Å². The van der Waals surface area contributed by atoms with Gasteiger partial charge >= 0.3 is 6.03 Å². The third-order valence-electron chi connectivity index (χ3n) is 5.68. The molecule has 166 valence electrons. The Balaban J connectivity index is 1.72. The van der Waals surface area contributed by atoms with Crippen LogP contribution in [-0.4, -0.2) is 66.8 Å². The molecule has 2 aliphatic rings. The van der Waals surface area contributed by atoms with Crippen LogP contribution in [0.2, 0.25) is 0 Å². The third kappa shape index (κ3) is 4.62. The first kappa shape index (κ1) is 21.5. The summed E-state index contributed by atoms with van der Waals surface area (Å²) in [5.41, 5.74) is 2.79. The van der Waals surface area contributed by atoms with Crippen LogP contribution in [0.5, 0.6) is 0 Å². The van der Waals surface area contributed by atoms with Crippen LogP contribution in [0.3, 0.4) is 0 Å². The zero-order valence-electron chi connectivity index (χ0n) is 18.2. The first-order valence-corrected chi connectivity index (χ1v) is 10.7. The molecule has 31 heavy (non-hydrogen) atoms. The Morgan fingerprint density at radius 3 is 2.90 bits per heavy atom. The molecule has 2 N–H and O–H groups in total. The van der Waals surface area contributed by atoms with Gasteiger partial charge in [0.2, 0.25) is 0 Å². The molecular weight excluding hydrogens is 399 g/mol. The normalized spacial score (nSPS) is 19.1. The quantitative estimate of drug-likeness (QED) is 0.779. The van der Waals surface area contributed by atoms with Gasteiger partial charge in [-0.3, -0.25) is 0 Å². The van der Waals surface area contributed by atoms with E-state index >= 15 is 4.39 Å². The number of benzene rings is 1. The van der Waals surface area contributed by atoms with Crippen molar-refractivity contribution in [2.24, 2.45) is 0 Å². The van der Waals surface area contributed by atoms with Crippen LogP contribution < -0.4 is 15.5 Å². The summed E-state index contributed by atoms with van der Waals surface area (Å²) in [6.45, 7) is 8.11. The number of anilines is 2. The van der Waals surface area contributed by atoms with Crippen LogP contribution in [0.4, 0.5) is 20.7 Å². The number of amides is 2. The van der Waals surface area contributed by atoms with Crippen LogP contribution in [0.25, 0.3) is 11.4 Å². The summed E-state index contributed by atoms with van der Waals surface area (Å²) >= 11 is 0. The molecule has 0 bridgehead atoms. The number of rotatable bonds is 4. The number of likely N-dealkylation sites (N-methyl/N-ethyl adjacent to an activating group) is 1. The average Bonchev–Trinajstić information content (AvgIpc) is 2.73. The lowest BCUT2D eigenvalue weighted by atomic mass is 10.0. The van der Waals surface area contributed by atoms with Crippen molar-refractivity contribution in [1.29, 1.82) is 0 Å². The highest BCUT2D eigenvalue weighted by molar-refractivity contribution is 5.89. The van der Waals surface area contributed by atoms with Gasteiger partial charge in [-0.05, 0) is 45.5 Å². The fraction of sp³-hybridized carbons (Fsp3) is 0.500. The number of fused-ring (bicyclic) bond motifs is 1. The number of carbonyl (C=O) groups excluding carboxylic acids is 1. The fourth-order valence-corrected chi connectivity index (χ4v) is 4.05. The van der Waals surface area contributed by atoms with Crippen LogP contribution >= 0.6 is 0 Å². The van der Waals surface area contributed by atoms with Crippen molar-refractivity contribution in [1.82, 2.24) is 20.2 Å². The molecule has 1 aromatic carbocycles. The zero-order chi connectivity index (χ0) is 22.0. The average molecular weight is 429 g/mol. The van der Waals surface area contributed by atoms with E-state index in [4.69, 9.17) is 14.7 Å². The van der Waals surface area contributed by atoms with Crippen molar-refractivity contribution in [2.45, 2.75) is 32.9 Å². The van der Waals surface area contributed by atoms with E-state index in [0.29, 0.717) is 43.4 Å². The molecule has 9 heteroatoms. The predicted octanol–water partition coefficient (Wildman–Crippen LogP) is 2.64. The van der Waals surface area contributed by atoms with Crippen molar-refractivity contribution in [3.05, 3.63) is 35.3 Å². The molecule has 2 aromatic rings. The standard InChI is InChI=1S/C22H29FN6O2/c1-4-24-22(30)25-15-5-6-16(18(23)11-15)20-26-19-12-28(3)8-7-17(19)21(27-20)29-9-10-31-13-14(29)2/h5-6,11,14H,4,7-10,12-13H2,1-3H3,(H2,24,25,30). The molecule has 2 amide bonds. The summed E-state index contributed by atoms with van der Waals surface area (Å²) in [5, 5.41) is 5.26. The first-order chi connectivity index (χ1) is 15.0. The second-order valence-electron chi connectivity index (χ2n) is 8.08. The number of halogens is 1. The molecule has 0 spiro atoms. The third-order valence-corrected chi connectivity index (χ3v) is 5.68. The number of urea groups is 1. The molecule has 0 saturated carbocycles. The summed E-state index contributed by atoms with van der Waals surface area (Å²) in [5.74, 6) is 0.775. The molecule has 1 unspecified atom stereocenters. The van der Waals surface area contributed by atoms with Crippen molar-refractivity contribution in [3.8, 4) is 11.4 Å². The van der Waals surface area contributed by atoms with Crippen LogP contribution in [0.15, 0.2) is 18.2 Å². The monoisotopic (exact) mass is 428 g/mol. The fourth-order valence-electron chi connectivity index (χ4n) is 4.05. The van der Waals surface area contributed by atoms with Crippen LogP contribution in [-0.2, 0) is 17.7 Å². The Morgan fingerprint density at radius 1 is 1.32 bits per heavy atom. The Hall–Kier alpha value is -2.78. The molecule has 1 atom stereocenters. The molecular formula is C22H29FN6O2. The van der Waals surface area contributed by atoms with Gasteiger partial charge in [-0.15, -0.1) is 0 Å². The SMILES string of the molecule is CCNC(=O)Nc1ccc(-c2nc3c(c(N4CCOCC4C)n2)CCN(C)C3)c(F)c1. The molecule has 1 aromatic heterocycles. The van der Waals surface area contributed by atoms with Gasteiger partial charge < -0.3 is 25.2 Å². The van der Waals surface area contributed by atoms with Crippen LogP contribution in [0, 0.1) is 5.82 Å². The number of hydrogen-bond donors (Lipinski definition) is 2. The summed E-state index contributed by atoms with van der Waals surface area (Å²) in [6, 6.07) is 4.41. The van der Waals surface area contributed by atoms with Gasteiger partial charge in [-0.25, -0.2) is 19.2 Å². The maximum absolute atomic E-state index is 15.0. The summed E-state index contributed by atoms with van der Waals surface area (Å²) < 4.78 is 20.6. The molecule has 2 aliphatic heterocycles. The van der Waals surface area contributed by atoms with Crippen molar-refractivity contribution < 1.29 is 13.9 Å². The van der Waals surface area contributed by atoms with Gasteiger partial charge in [0.1, 0.15) is 11.6 Å². The van der Waals surface area contributed by atoms with E-state index in [1.165, 1.54) is 6.07 Å². The highest BCUT2D eigenvalue weighted by Crippen LogP contribution is 2.32. The maximum atomic E-state index is 15.0. The predicted molar refractivity (Wildman–Crippen MR) is 118 cm³/mol. The lowest BCUT2D eigenvalue weighted by Gasteiger charge is -2.37. The van der Waals surface area contributed by atoms with E-state index in [2.05, 4.69) is 34.4 Å². The molecule has 0 aliphatic carbocycles. The van der Waals surface area contributed by atoms with Crippen molar-refractivity contribution >= 4 is 17.5 Å². The summed E-state index contributed by atoms with van der Waals surface area (Å²) in [7, 11) is 2.06. The van der Waals surface area contributed by atoms with Gasteiger partial charge in [0.25, 0.3) is 0 Å². The highest BCUT2D eigenvalue weighted by Gasteiger charge is 2.28. The van der Waals surface area contributed by atoms with Gasteiger partial charge in [-0.1, -0.05) is 0 Å². The maximum Gasteiger partial charge on any atom is 0.319 e. The number of carbonyl (C=O) groups is 1. The Kier molecular flexibility index (Phi) is 6.33. The molecule has 1 fully saturated rings. The van der Waals surface area contributed by atoms with E-state index in [9.17, 15) is 4.79 Å². The minimum Gasteiger partial charge on any atom is -0.377 e. The minimum absolute atomic E-state index is 0.189. The van der Waals surface area contributed by atoms with Gasteiger partial charge in [0, 0.05) is 37.4 Å². The largest absolute Gasteiger partial charge is 0.377 e. The number of morpholine rings is 1. The van der Waals surface area contributed by atoms with Crippen LogP contribution in [0.1, 0.15) is 25.1 Å². The Bertz CT molecular complexity index is 969. The number of hydrogen-bond acceptors (Lipinski definition) is 6. The van der Waals surface area contributed by atoms with E-state index < -0.39 is 5.82 Å². The highest BCUT2D eigenvalue weighted by atomic mass is 19.1. The number of nitrogens with one attached hydrogen (secondary N) is 2. The number of nitrogens with zero attached hydrogens (tertiary/aromatic N) is 4. The lowest BCUT2D eigenvalue weighted by molar-refractivity contribution is 0.0983. The molecule has 1 saturated heterocycles. The van der Waals surface area contributed by atoms with Gasteiger partial charge in [0.15, 0.2) is 5.82 Å². The summed E-state index contributed by atoms with van der Waals surface area (Å²) in [4.78, 5) is 25.8. The topological polar surface area (TPSA) is 82.6 Å². The van der Waals surface area contributed by atoms with Crippen molar-refractivity contribution in [2.75, 3.05) is 50.1 Å². The number of aromatic nitrogens is 2.